The molecule has 1 heterocycles. The lowest BCUT2D eigenvalue weighted by atomic mass is 9.98. The molecule has 102 valence electrons. The molecule has 1 saturated heterocycles. The van der Waals surface area contributed by atoms with Crippen LogP contribution in [-0.2, 0) is 15.1 Å². The van der Waals surface area contributed by atoms with E-state index in [4.69, 9.17) is 4.74 Å². The van der Waals surface area contributed by atoms with Gasteiger partial charge in [-0.3, -0.25) is 4.79 Å². The summed E-state index contributed by atoms with van der Waals surface area (Å²) < 4.78 is 5.33. The van der Waals surface area contributed by atoms with Crippen molar-refractivity contribution in [3.8, 4) is 0 Å². The number of carbonyl (C=O) groups excluding carboxylic acids is 1. The van der Waals surface area contributed by atoms with Crippen molar-refractivity contribution in [1.82, 2.24) is 5.32 Å². The van der Waals surface area contributed by atoms with Gasteiger partial charge in [-0.1, -0.05) is 24.3 Å². The van der Waals surface area contributed by atoms with Gasteiger partial charge in [0.25, 0.3) is 0 Å². The quantitative estimate of drug-likeness (QED) is 0.902. The Morgan fingerprint density at radius 3 is 2.84 bits per heavy atom. The van der Waals surface area contributed by atoms with E-state index < -0.39 is 0 Å². The monoisotopic (exact) mass is 259 g/mol. The number of ether oxygens (including phenoxy) is 1. The number of nitrogens with one attached hydrogen (secondary N) is 1. The Bertz CT molecular complexity index is 473. The highest BCUT2D eigenvalue weighted by atomic mass is 16.5. The van der Waals surface area contributed by atoms with Gasteiger partial charge in [-0.05, 0) is 43.2 Å². The van der Waals surface area contributed by atoms with Crippen LogP contribution in [0.4, 0.5) is 0 Å². The second kappa shape index (κ2) is 4.97. The van der Waals surface area contributed by atoms with Gasteiger partial charge in [0.05, 0.1) is 5.54 Å². The lowest BCUT2D eigenvalue weighted by molar-refractivity contribution is -0.123. The van der Waals surface area contributed by atoms with Crippen LogP contribution in [0.1, 0.15) is 36.8 Å². The molecular weight excluding hydrogens is 238 g/mol. The van der Waals surface area contributed by atoms with Crippen LogP contribution in [0.25, 0.3) is 0 Å². The molecule has 3 rings (SSSR count). The van der Waals surface area contributed by atoms with Crippen molar-refractivity contribution < 1.29 is 9.53 Å². The van der Waals surface area contributed by atoms with Crippen LogP contribution in [0.5, 0.6) is 0 Å². The molecule has 1 N–H and O–H groups in total. The summed E-state index contributed by atoms with van der Waals surface area (Å²) in [6.45, 7) is 3.66. The van der Waals surface area contributed by atoms with E-state index in [0.717, 1.165) is 32.5 Å². The van der Waals surface area contributed by atoms with Crippen molar-refractivity contribution >= 4 is 5.91 Å². The maximum Gasteiger partial charge on any atom is 0.221 e. The van der Waals surface area contributed by atoms with Crippen LogP contribution in [0.2, 0.25) is 0 Å². The molecule has 0 aromatic heterocycles. The van der Waals surface area contributed by atoms with E-state index in [1.54, 1.807) is 0 Å². The lowest BCUT2D eigenvalue weighted by Crippen LogP contribution is -2.36. The maximum absolute atomic E-state index is 12.2. The van der Waals surface area contributed by atoms with Crippen molar-refractivity contribution in [3.63, 3.8) is 0 Å². The molecule has 19 heavy (non-hydrogen) atoms. The lowest BCUT2D eigenvalue weighted by Gasteiger charge is -2.21. The number of amides is 1. The fourth-order valence-corrected chi connectivity index (χ4v) is 3.02. The minimum absolute atomic E-state index is 0.0815. The number of hydrogen-bond acceptors (Lipinski definition) is 2. The van der Waals surface area contributed by atoms with E-state index in [1.807, 2.05) is 6.07 Å². The highest BCUT2D eigenvalue weighted by Gasteiger charge is 2.46. The molecule has 1 saturated carbocycles. The van der Waals surface area contributed by atoms with E-state index in [9.17, 15) is 4.79 Å². The van der Waals surface area contributed by atoms with Crippen molar-refractivity contribution in [2.24, 2.45) is 5.92 Å². The zero-order chi connectivity index (χ0) is 13.3. The normalized spacial score (nSPS) is 24.2. The van der Waals surface area contributed by atoms with E-state index in [1.165, 1.54) is 11.1 Å². The highest BCUT2D eigenvalue weighted by molar-refractivity contribution is 5.78. The van der Waals surface area contributed by atoms with Gasteiger partial charge in [-0.2, -0.15) is 0 Å². The second-order valence-electron chi connectivity index (χ2n) is 5.88. The van der Waals surface area contributed by atoms with E-state index in [0.29, 0.717) is 12.3 Å². The molecule has 3 nitrogen and oxygen atoms in total. The molecule has 0 radical (unpaired) electrons. The molecule has 0 spiro atoms. The number of rotatable bonds is 4. The van der Waals surface area contributed by atoms with E-state index in [2.05, 4.69) is 30.4 Å². The number of benzene rings is 1. The van der Waals surface area contributed by atoms with Crippen molar-refractivity contribution in [2.75, 3.05) is 13.2 Å². The number of aryl methyl sites for hydroxylation is 1. The highest BCUT2D eigenvalue weighted by Crippen LogP contribution is 2.46. The Morgan fingerprint density at radius 1 is 1.42 bits per heavy atom. The van der Waals surface area contributed by atoms with Crippen LogP contribution in [0.3, 0.4) is 0 Å². The first-order valence-electron chi connectivity index (χ1n) is 7.14. The van der Waals surface area contributed by atoms with Crippen molar-refractivity contribution in [2.45, 2.75) is 38.1 Å². The third kappa shape index (κ3) is 2.66. The summed E-state index contributed by atoms with van der Waals surface area (Å²) in [4.78, 5) is 12.2. The summed E-state index contributed by atoms with van der Waals surface area (Å²) in [5.74, 6) is 0.587. The minimum Gasteiger partial charge on any atom is -0.381 e. The molecule has 1 aliphatic carbocycles. The van der Waals surface area contributed by atoms with Crippen LogP contribution in [0.15, 0.2) is 24.3 Å². The topological polar surface area (TPSA) is 38.3 Å². The Kier molecular flexibility index (Phi) is 3.31. The summed E-state index contributed by atoms with van der Waals surface area (Å²) in [6.07, 6.45) is 3.74. The summed E-state index contributed by atoms with van der Waals surface area (Å²) in [5.41, 5.74) is 2.47. The van der Waals surface area contributed by atoms with Crippen LogP contribution in [0, 0.1) is 12.8 Å². The van der Waals surface area contributed by atoms with Crippen LogP contribution >= 0.6 is 0 Å². The Hall–Kier alpha value is -1.35. The van der Waals surface area contributed by atoms with Crippen LogP contribution in [-0.4, -0.2) is 19.1 Å². The Labute approximate surface area is 114 Å². The molecule has 1 amide bonds. The number of carbonyl (C=O) groups is 1. The van der Waals surface area contributed by atoms with Gasteiger partial charge < -0.3 is 10.1 Å². The predicted molar refractivity (Wildman–Crippen MR) is 73.8 cm³/mol. The van der Waals surface area contributed by atoms with Gasteiger partial charge in [-0.25, -0.2) is 0 Å². The van der Waals surface area contributed by atoms with Crippen molar-refractivity contribution in [1.29, 1.82) is 0 Å². The molecule has 0 unspecified atom stereocenters. The van der Waals surface area contributed by atoms with Gasteiger partial charge >= 0.3 is 0 Å². The summed E-state index contributed by atoms with van der Waals surface area (Å²) >= 11 is 0. The Balaban J connectivity index is 1.65. The van der Waals surface area contributed by atoms with E-state index >= 15 is 0 Å². The third-order valence-electron chi connectivity index (χ3n) is 4.29. The van der Waals surface area contributed by atoms with E-state index in [-0.39, 0.29) is 11.4 Å². The standard InChI is InChI=1S/C16H21NO2/c1-12-4-2-3-5-14(12)16(7-8-16)17-15(18)10-13-6-9-19-11-13/h2-5,13H,6-11H2,1H3,(H,17,18)/t13-/m1/s1. The molecule has 3 heteroatoms. The Morgan fingerprint density at radius 2 is 2.21 bits per heavy atom. The molecule has 2 aliphatic rings. The van der Waals surface area contributed by atoms with Gasteiger partial charge in [0, 0.05) is 19.6 Å². The fourth-order valence-electron chi connectivity index (χ4n) is 3.02. The summed E-state index contributed by atoms with van der Waals surface area (Å²) in [5, 5.41) is 3.26. The summed E-state index contributed by atoms with van der Waals surface area (Å²) in [7, 11) is 0. The second-order valence-corrected chi connectivity index (χ2v) is 5.88. The molecule has 1 aromatic rings. The SMILES string of the molecule is Cc1ccccc1C1(NC(=O)C[C@H]2CCOC2)CC1. The zero-order valence-corrected chi connectivity index (χ0v) is 11.4. The largest absolute Gasteiger partial charge is 0.381 e. The van der Waals surface area contributed by atoms with Gasteiger partial charge in [0.2, 0.25) is 5.91 Å². The average molecular weight is 259 g/mol. The molecular formula is C16H21NO2. The minimum atomic E-state index is -0.0815. The predicted octanol–water partition coefficient (Wildman–Crippen LogP) is 2.53. The first-order chi connectivity index (χ1) is 9.20. The molecule has 2 fully saturated rings. The van der Waals surface area contributed by atoms with Crippen molar-refractivity contribution in [3.05, 3.63) is 35.4 Å². The smallest absolute Gasteiger partial charge is 0.221 e. The van der Waals surface area contributed by atoms with Gasteiger partial charge in [0.1, 0.15) is 0 Å². The summed E-state index contributed by atoms with van der Waals surface area (Å²) in [6, 6.07) is 8.36. The first kappa shape index (κ1) is 12.7. The molecule has 0 bridgehead atoms. The van der Waals surface area contributed by atoms with Gasteiger partial charge in [-0.15, -0.1) is 0 Å². The third-order valence-corrected chi connectivity index (χ3v) is 4.29. The van der Waals surface area contributed by atoms with Gasteiger partial charge in [0.15, 0.2) is 0 Å². The zero-order valence-electron chi connectivity index (χ0n) is 11.4. The fraction of sp³-hybridized carbons (Fsp3) is 0.562. The molecule has 1 aliphatic heterocycles. The maximum atomic E-state index is 12.2. The number of hydrogen-bond donors (Lipinski definition) is 1. The molecule has 1 atom stereocenters. The first-order valence-corrected chi connectivity index (χ1v) is 7.14. The molecule has 1 aromatic carbocycles. The average Bonchev–Trinajstić information content (AvgIpc) is 2.97. The van der Waals surface area contributed by atoms with Crippen LogP contribution < -0.4 is 5.32 Å².